The highest BCUT2D eigenvalue weighted by molar-refractivity contribution is 5.79. The summed E-state index contributed by atoms with van der Waals surface area (Å²) in [6, 6.07) is 5.74. The maximum Gasteiger partial charge on any atom is 0.223 e. The Kier molecular flexibility index (Phi) is 2.92. The zero-order valence-electron chi connectivity index (χ0n) is 10.4. The van der Waals surface area contributed by atoms with Gasteiger partial charge in [0.1, 0.15) is 11.0 Å². The van der Waals surface area contributed by atoms with Crippen LogP contribution in [0.1, 0.15) is 12.0 Å². The molecule has 0 bridgehead atoms. The van der Waals surface area contributed by atoms with Crippen molar-refractivity contribution in [1.82, 2.24) is 15.2 Å². The van der Waals surface area contributed by atoms with E-state index in [0.717, 1.165) is 23.0 Å². The predicted molar refractivity (Wildman–Crippen MR) is 69.0 cm³/mol. The Morgan fingerprint density at radius 1 is 1.47 bits per heavy atom. The lowest BCUT2D eigenvalue weighted by Gasteiger charge is -2.15. The van der Waals surface area contributed by atoms with E-state index in [4.69, 9.17) is 11.1 Å². The minimum Gasteiger partial charge on any atom is -0.341 e. The second-order valence-corrected chi connectivity index (χ2v) is 4.71. The number of nitrogens with zero attached hydrogens (tertiary/aromatic N) is 3. The molecule has 1 aliphatic rings. The Hall–Kier alpha value is -2.35. The Balaban J connectivity index is 1.72. The van der Waals surface area contributed by atoms with E-state index < -0.39 is 0 Å². The summed E-state index contributed by atoms with van der Waals surface area (Å²) in [5.74, 6) is 2.83. The first-order chi connectivity index (χ1) is 9.28. The van der Waals surface area contributed by atoms with Gasteiger partial charge >= 0.3 is 0 Å². The highest BCUT2D eigenvalue weighted by Crippen LogP contribution is 2.19. The lowest BCUT2D eigenvalue weighted by molar-refractivity contribution is -0.127. The molecule has 1 saturated heterocycles. The van der Waals surface area contributed by atoms with Gasteiger partial charge in [-0.2, -0.15) is 0 Å². The lowest BCUT2D eigenvalue weighted by atomic mass is 10.1. The van der Waals surface area contributed by atoms with Crippen molar-refractivity contribution >= 4 is 16.9 Å². The summed E-state index contributed by atoms with van der Waals surface area (Å²) >= 11 is 0. The normalized spacial score (nSPS) is 19.0. The molecule has 1 atom stereocenters. The van der Waals surface area contributed by atoms with Crippen molar-refractivity contribution < 1.29 is 9.42 Å². The van der Waals surface area contributed by atoms with Gasteiger partial charge in [0.25, 0.3) is 0 Å². The average molecular weight is 255 g/mol. The van der Waals surface area contributed by atoms with Gasteiger partial charge in [0.2, 0.25) is 5.91 Å². The summed E-state index contributed by atoms with van der Waals surface area (Å²) in [6.07, 6.45) is 6.56. The summed E-state index contributed by atoms with van der Waals surface area (Å²) < 4.78 is 4.73. The summed E-state index contributed by atoms with van der Waals surface area (Å²) in [7, 11) is 0. The van der Waals surface area contributed by atoms with Crippen LogP contribution in [0.5, 0.6) is 0 Å². The van der Waals surface area contributed by atoms with Gasteiger partial charge in [0, 0.05) is 25.4 Å². The quantitative estimate of drug-likeness (QED) is 0.774. The van der Waals surface area contributed by atoms with Crippen LogP contribution in [0, 0.1) is 18.3 Å². The highest BCUT2D eigenvalue weighted by Gasteiger charge is 2.27. The number of carbonyl (C=O) groups is 1. The molecular formula is C14H13N3O2. The van der Waals surface area contributed by atoms with Gasteiger partial charge in [-0.05, 0) is 28.4 Å². The molecule has 19 heavy (non-hydrogen) atoms. The SMILES string of the molecule is C#CC1CC(=O)N(CCc2cccc3nonc23)C1. The van der Waals surface area contributed by atoms with Crippen LogP contribution in [-0.4, -0.2) is 34.2 Å². The number of terminal acetylenes is 1. The maximum atomic E-state index is 11.8. The highest BCUT2D eigenvalue weighted by atomic mass is 16.6. The number of rotatable bonds is 3. The molecule has 1 fully saturated rings. The van der Waals surface area contributed by atoms with Gasteiger partial charge in [-0.15, -0.1) is 12.3 Å². The molecule has 0 saturated carbocycles. The van der Waals surface area contributed by atoms with Crippen molar-refractivity contribution in [2.75, 3.05) is 13.1 Å². The monoisotopic (exact) mass is 255 g/mol. The molecule has 1 aromatic heterocycles. The third-order valence-corrected chi connectivity index (χ3v) is 3.47. The number of hydrogen-bond donors (Lipinski definition) is 0. The van der Waals surface area contributed by atoms with Crippen molar-refractivity contribution in [3.63, 3.8) is 0 Å². The van der Waals surface area contributed by atoms with Gasteiger partial charge in [0.05, 0.1) is 0 Å². The first-order valence-electron chi connectivity index (χ1n) is 6.22. The van der Waals surface area contributed by atoms with Gasteiger partial charge in [-0.1, -0.05) is 12.1 Å². The number of aromatic nitrogens is 2. The molecule has 2 aromatic rings. The summed E-state index contributed by atoms with van der Waals surface area (Å²) in [6.45, 7) is 1.31. The van der Waals surface area contributed by atoms with Gasteiger partial charge < -0.3 is 4.90 Å². The Morgan fingerprint density at radius 3 is 3.16 bits per heavy atom. The van der Waals surface area contributed by atoms with Crippen LogP contribution in [0.15, 0.2) is 22.8 Å². The molecule has 1 aliphatic heterocycles. The molecule has 0 N–H and O–H groups in total. The number of fused-ring (bicyclic) bond motifs is 1. The molecule has 0 aliphatic carbocycles. The molecule has 96 valence electrons. The Labute approximate surface area is 110 Å². The standard InChI is InChI=1S/C14H13N3O2/c1-2-10-8-13(18)17(9-10)7-6-11-4-3-5-12-14(11)16-19-15-12/h1,3-5,10H,6-9H2. The smallest absolute Gasteiger partial charge is 0.223 e. The molecule has 5 heteroatoms. The molecule has 1 unspecified atom stereocenters. The second-order valence-electron chi connectivity index (χ2n) is 4.71. The van der Waals surface area contributed by atoms with Crippen LogP contribution < -0.4 is 0 Å². The van der Waals surface area contributed by atoms with Gasteiger partial charge in [0.15, 0.2) is 0 Å². The van der Waals surface area contributed by atoms with E-state index in [0.29, 0.717) is 19.5 Å². The maximum absolute atomic E-state index is 11.8. The fraction of sp³-hybridized carbons (Fsp3) is 0.357. The van der Waals surface area contributed by atoms with Gasteiger partial charge in [-0.25, -0.2) is 4.63 Å². The zero-order chi connectivity index (χ0) is 13.2. The van der Waals surface area contributed by atoms with Gasteiger partial charge in [-0.3, -0.25) is 4.79 Å². The predicted octanol–water partition coefficient (Wildman–Crippen LogP) is 1.25. The number of likely N-dealkylation sites (tertiary alicyclic amines) is 1. The largest absolute Gasteiger partial charge is 0.341 e. The average Bonchev–Trinajstić information content (AvgIpc) is 3.02. The topological polar surface area (TPSA) is 59.2 Å². The Bertz CT molecular complexity index is 656. The lowest BCUT2D eigenvalue weighted by Crippen LogP contribution is -2.27. The van der Waals surface area contributed by atoms with Crippen LogP contribution in [0.25, 0.3) is 11.0 Å². The molecule has 2 heterocycles. The second kappa shape index (κ2) is 4.73. The Morgan fingerprint density at radius 2 is 2.37 bits per heavy atom. The number of amides is 1. The van der Waals surface area contributed by atoms with Crippen molar-refractivity contribution in [1.29, 1.82) is 0 Å². The van der Waals surface area contributed by atoms with Crippen molar-refractivity contribution in [3.8, 4) is 12.3 Å². The van der Waals surface area contributed by atoms with E-state index >= 15 is 0 Å². The zero-order valence-corrected chi connectivity index (χ0v) is 10.4. The minimum absolute atomic E-state index is 0.0528. The molecule has 3 rings (SSSR count). The molecule has 0 radical (unpaired) electrons. The molecule has 5 nitrogen and oxygen atoms in total. The van der Waals surface area contributed by atoms with Crippen molar-refractivity contribution in [3.05, 3.63) is 23.8 Å². The molecular weight excluding hydrogens is 242 g/mol. The van der Waals surface area contributed by atoms with E-state index in [1.54, 1.807) is 0 Å². The van der Waals surface area contributed by atoms with E-state index in [1.165, 1.54) is 0 Å². The van der Waals surface area contributed by atoms with Crippen LogP contribution in [0.4, 0.5) is 0 Å². The van der Waals surface area contributed by atoms with E-state index in [2.05, 4.69) is 16.2 Å². The molecule has 0 spiro atoms. The summed E-state index contributed by atoms with van der Waals surface area (Å²) in [4.78, 5) is 13.6. The number of carbonyl (C=O) groups excluding carboxylic acids is 1. The van der Waals surface area contributed by atoms with Crippen LogP contribution in [0.3, 0.4) is 0 Å². The first-order valence-corrected chi connectivity index (χ1v) is 6.22. The van der Waals surface area contributed by atoms with E-state index in [-0.39, 0.29) is 11.8 Å². The number of benzene rings is 1. The van der Waals surface area contributed by atoms with Crippen molar-refractivity contribution in [2.45, 2.75) is 12.8 Å². The fourth-order valence-corrected chi connectivity index (χ4v) is 2.42. The van der Waals surface area contributed by atoms with E-state index in [9.17, 15) is 4.79 Å². The molecule has 1 aromatic carbocycles. The minimum atomic E-state index is 0.0528. The third kappa shape index (κ3) is 2.17. The summed E-state index contributed by atoms with van der Waals surface area (Å²) in [5.41, 5.74) is 2.55. The van der Waals surface area contributed by atoms with Crippen LogP contribution in [-0.2, 0) is 11.2 Å². The molecule has 1 amide bonds. The van der Waals surface area contributed by atoms with Crippen molar-refractivity contribution in [2.24, 2.45) is 5.92 Å². The summed E-state index contributed by atoms with van der Waals surface area (Å²) in [5, 5.41) is 7.70. The van der Waals surface area contributed by atoms with E-state index in [1.807, 2.05) is 23.1 Å². The fourth-order valence-electron chi connectivity index (χ4n) is 2.42. The van der Waals surface area contributed by atoms with Crippen LogP contribution in [0.2, 0.25) is 0 Å². The first kappa shape index (κ1) is 11.7. The third-order valence-electron chi connectivity index (χ3n) is 3.47. The van der Waals surface area contributed by atoms with Crippen LogP contribution >= 0.6 is 0 Å². The number of hydrogen-bond acceptors (Lipinski definition) is 4.